The molecule has 0 saturated carbocycles. The molecule has 0 aliphatic rings. The molecule has 0 radical (unpaired) electrons. The molecule has 0 bridgehead atoms. The van der Waals surface area contributed by atoms with Crippen LogP contribution in [0.1, 0.15) is 44.8 Å². The molecule has 0 saturated heterocycles. The summed E-state index contributed by atoms with van der Waals surface area (Å²) in [5, 5.41) is 6.77. The molecule has 0 aliphatic heterocycles. The second kappa shape index (κ2) is 6.78. The molecule has 3 nitrogen and oxygen atoms in total. The fourth-order valence-corrected chi connectivity index (χ4v) is 1.64. The summed E-state index contributed by atoms with van der Waals surface area (Å²) in [6, 6.07) is 0.927. The maximum absolute atomic E-state index is 12.4. The Hall–Kier alpha value is -1.04. The van der Waals surface area contributed by atoms with Crippen LogP contribution < -0.4 is 5.32 Å². The van der Waals surface area contributed by atoms with Crippen LogP contribution in [0.2, 0.25) is 0 Å². The van der Waals surface area contributed by atoms with Crippen LogP contribution in [0.3, 0.4) is 0 Å². The Kier molecular flexibility index (Phi) is 5.65. The van der Waals surface area contributed by atoms with Gasteiger partial charge in [-0.25, -0.2) is 0 Å². The van der Waals surface area contributed by atoms with Gasteiger partial charge in [0.25, 0.3) is 0 Å². The van der Waals surface area contributed by atoms with Crippen LogP contribution in [0.15, 0.2) is 12.3 Å². The van der Waals surface area contributed by atoms with Crippen molar-refractivity contribution in [1.82, 2.24) is 15.1 Å². The summed E-state index contributed by atoms with van der Waals surface area (Å²) in [7, 11) is 0. The largest absolute Gasteiger partial charge is 0.435 e. The van der Waals surface area contributed by atoms with E-state index in [0.717, 1.165) is 25.5 Å². The zero-order valence-electron chi connectivity index (χ0n) is 10.8. The molecule has 1 unspecified atom stereocenters. The van der Waals surface area contributed by atoms with E-state index in [0.29, 0.717) is 6.54 Å². The summed E-state index contributed by atoms with van der Waals surface area (Å²) in [6.45, 7) is 5.50. The second-order valence-electron chi connectivity index (χ2n) is 4.44. The van der Waals surface area contributed by atoms with Gasteiger partial charge < -0.3 is 5.32 Å². The minimum absolute atomic E-state index is 0.0808. The standard InChI is InChI=1S/C12H20F3N3/c1-3-4-5-7-16-9-10(2)18-8-6-11(17-18)12(13,14)15/h6,8,10,16H,3-5,7,9H2,1-2H3. The quantitative estimate of drug-likeness (QED) is 0.765. The lowest BCUT2D eigenvalue weighted by Gasteiger charge is -2.13. The van der Waals surface area contributed by atoms with Crippen LogP contribution in [0, 0.1) is 0 Å². The molecule has 0 spiro atoms. The van der Waals surface area contributed by atoms with Gasteiger partial charge in [-0.2, -0.15) is 18.3 Å². The molecule has 0 fully saturated rings. The first kappa shape index (κ1) is 15.0. The monoisotopic (exact) mass is 263 g/mol. The number of rotatable bonds is 7. The van der Waals surface area contributed by atoms with Gasteiger partial charge in [-0.05, 0) is 26.0 Å². The molecule has 1 atom stereocenters. The number of nitrogens with one attached hydrogen (secondary N) is 1. The Labute approximate surface area is 105 Å². The van der Waals surface area contributed by atoms with Gasteiger partial charge in [0.2, 0.25) is 0 Å². The third kappa shape index (κ3) is 4.68. The Bertz CT molecular complexity index is 347. The lowest BCUT2D eigenvalue weighted by atomic mass is 10.2. The molecule has 0 aliphatic carbocycles. The molecule has 1 aromatic rings. The highest BCUT2D eigenvalue weighted by molar-refractivity contribution is 5.03. The van der Waals surface area contributed by atoms with Crippen LogP contribution in [0.25, 0.3) is 0 Å². The molecule has 1 aromatic heterocycles. The van der Waals surface area contributed by atoms with E-state index in [4.69, 9.17) is 0 Å². The molecule has 1 N–H and O–H groups in total. The zero-order chi connectivity index (χ0) is 13.6. The molecular weight excluding hydrogens is 243 g/mol. The third-order valence-electron chi connectivity index (χ3n) is 2.75. The number of nitrogens with zero attached hydrogens (tertiary/aromatic N) is 2. The topological polar surface area (TPSA) is 29.9 Å². The second-order valence-corrected chi connectivity index (χ2v) is 4.44. The number of unbranched alkanes of at least 4 members (excludes halogenated alkanes) is 2. The number of hydrogen-bond donors (Lipinski definition) is 1. The summed E-state index contributed by atoms with van der Waals surface area (Å²) < 4.78 is 38.5. The van der Waals surface area contributed by atoms with Crippen molar-refractivity contribution in [2.24, 2.45) is 0 Å². The first-order valence-corrected chi connectivity index (χ1v) is 6.28. The van der Waals surface area contributed by atoms with E-state index in [1.54, 1.807) is 0 Å². The third-order valence-corrected chi connectivity index (χ3v) is 2.75. The highest BCUT2D eigenvalue weighted by atomic mass is 19.4. The predicted octanol–water partition coefficient (Wildman–Crippen LogP) is 3.24. The van der Waals surface area contributed by atoms with Gasteiger partial charge in [0.05, 0.1) is 6.04 Å². The Morgan fingerprint density at radius 2 is 2.11 bits per heavy atom. The van der Waals surface area contributed by atoms with Gasteiger partial charge >= 0.3 is 6.18 Å². The predicted molar refractivity (Wildman–Crippen MR) is 64.3 cm³/mol. The highest BCUT2D eigenvalue weighted by Gasteiger charge is 2.33. The smallest absolute Gasteiger partial charge is 0.315 e. The average Bonchev–Trinajstić information content (AvgIpc) is 2.77. The molecule has 104 valence electrons. The minimum Gasteiger partial charge on any atom is -0.315 e. The van der Waals surface area contributed by atoms with Crippen molar-refractivity contribution >= 4 is 0 Å². The fourth-order valence-electron chi connectivity index (χ4n) is 1.64. The SMILES string of the molecule is CCCCCNCC(C)n1ccc(C(F)(F)F)n1. The minimum atomic E-state index is -4.36. The maximum Gasteiger partial charge on any atom is 0.435 e. The lowest BCUT2D eigenvalue weighted by Crippen LogP contribution is -2.25. The van der Waals surface area contributed by atoms with Gasteiger partial charge in [-0.1, -0.05) is 19.8 Å². The van der Waals surface area contributed by atoms with Gasteiger partial charge in [-0.15, -0.1) is 0 Å². The van der Waals surface area contributed by atoms with Crippen LogP contribution >= 0.6 is 0 Å². The molecule has 1 rings (SSSR count). The first-order chi connectivity index (χ1) is 8.45. The van der Waals surface area contributed by atoms with E-state index in [-0.39, 0.29) is 6.04 Å². The molecule has 18 heavy (non-hydrogen) atoms. The van der Waals surface area contributed by atoms with E-state index in [1.807, 2.05) is 6.92 Å². The van der Waals surface area contributed by atoms with Crippen LogP contribution in [-0.4, -0.2) is 22.9 Å². The molecule has 0 amide bonds. The molecule has 0 aromatic carbocycles. The number of halogens is 3. The number of aromatic nitrogens is 2. The van der Waals surface area contributed by atoms with Crippen molar-refractivity contribution in [2.45, 2.75) is 45.3 Å². The summed E-state index contributed by atoms with van der Waals surface area (Å²) in [5.41, 5.74) is -0.833. The van der Waals surface area contributed by atoms with E-state index < -0.39 is 11.9 Å². The van der Waals surface area contributed by atoms with Crippen molar-refractivity contribution in [3.8, 4) is 0 Å². The number of hydrogen-bond acceptors (Lipinski definition) is 2. The summed E-state index contributed by atoms with van der Waals surface area (Å²) in [4.78, 5) is 0. The first-order valence-electron chi connectivity index (χ1n) is 6.28. The Balaban J connectivity index is 2.37. The van der Waals surface area contributed by atoms with Gasteiger partial charge in [-0.3, -0.25) is 4.68 Å². The summed E-state index contributed by atoms with van der Waals surface area (Å²) >= 11 is 0. The van der Waals surface area contributed by atoms with Crippen LogP contribution in [0.5, 0.6) is 0 Å². The Morgan fingerprint density at radius 3 is 2.67 bits per heavy atom. The van der Waals surface area contributed by atoms with E-state index >= 15 is 0 Å². The zero-order valence-corrected chi connectivity index (χ0v) is 10.8. The van der Waals surface area contributed by atoms with Crippen molar-refractivity contribution in [2.75, 3.05) is 13.1 Å². The van der Waals surface area contributed by atoms with Crippen molar-refractivity contribution < 1.29 is 13.2 Å². The van der Waals surface area contributed by atoms with E-state index in [9.17, 15) is 13.2 Å². The van der Waals surface area contributed by atoms with E-state index in [2.05, 4.69) is 17.3 Å². The highest BCUT2D eigenvalue weighted by Crippen LogP contribution is 2.27. The molecule has 1 heterocycles. The van der Waals surface area contributed by atoms with Gasteiger partial charge in [0.15, 0.2) is 5.69 Å². The Morgan fingerprint density at radius 1 is 1.39 bits per heavy atom. The molecular formula is C12H20F3N3. The fraction of sp³-hybridized carbons (Fsp3) is 0.750. The van der Waals surface area contributed by atoms with Crippen molar-refractivity contribution in [3.63, 3.8) is 0 Å². The lowest BCUT2D eigenvalue weighted by molar-refractivity contribution is -0.141. The normalized spacial score (nSPS) is 13.8. The average molecular weight is 263 g/mol. The maximum atomic E-state index is 12.4. The van der Waals surface area contributed by atoms with Crippen molar-refractivity contribution in [3.05, 3.63) is 18.0 Å². The van der Waals surface area contributed by atoms with Crippen LogP contribution in [0.4, 0.5) is 13.2 Å². The summed E-state index contributed by atoms with van der Waals surface area (Å²) in [6.07, 6.45) is 0.434. The van der Waals surface area contributed by atoms with Gasteiger partial charge in [0.1, 0.15) is 0 Å². The van der Waals surface area contributed by atoms with Gasteiger partial charge in [0, 0.05) is 12.7 Å². The van der Waals surface area contributed by atoms with Crippen LogP contribution in [-0.2, 0) is 6.18 Å². The van der Waals surface area contributed by atoms with E-state index in [1.165, 1.54) is 17.3 Å². The molecule has 6 heteroatoms. The number of alkyl halides is 3. The van der Waals surface area contributed by atoms with Crippen molar-refractivity contribution in [1.29, 1.82) is 0 Å². The summed E-state index contributed by atoms with van der Waals surface area (Å²) in [5.74, 6) is 0.